The Morgan fingerprint density at radius 3 is 2.63 bits per heavy atom. The van der Waals surface area contributed by atoms with Crippen LogP contribution in [0.2, 0.25) is 0 Å². The van der Waals surface area contributed by atoms with Crippen molar-refractivity contribution in [1.82, 2.24) is 10.2 Å². The summed E-state index contributed by atoms with van der Waals surface area (Å²) in [6.07, 6.45) is 0. The van der Waals surface area contributed by atoms with Gasteiger partial charge in [0.05, 0.1) is 19.1 Å². The van der Waals surface area contributed by atoms with Gasteiger partial charge in [-0.15, -0.1) is 0 Å². The second kappa shape index (κ2) is 6.84. The number of carbonyl (C=O) groups excluding carboxylic acids is 2. The first-order chi connectivity index (χ1) is 8.97. The van der Waals surface area contributed by atoms with Crippen molar-refractivity contribution >= 4 is 11.8 Å². The van der Waals surface area contributed by atoms with Gasteiger partial charge in [0.2, 0.25) is 11.8 Å². The molecule has 0 spiro atoms. The molecule has 0 aromatic heterocycles. The van der Waals surface area contributed by atoms with Crippen molar-refractivity contribution in [2.75, 3.05) is 20.1 Å². The third-order valence-corrected chi connectivity index (χ3v) is 2.95. The normalized spacial score (nSPS) is 11.8. The van der Waals surface area contributed by atoms with Gasteiger partial charge in [0.1, 0.15) is 5.82 Å². The Kier molecular flexibility index (Phi) is 5.44. The molecule has 104 valence electrons. The highest BCUT2D eigenvalue weighted by molar-refractivity contribution is 5.85. The molecule has 0 heterocycles. The number of hydrogen-bond donors (Lipinski definition) is 2. The monoisotopic (exact) mass is 267 g/mol. The summed E-state index contributed by atoms with van der Waals surface area (Å²) < 4.78 is 13.6. The Balaban J connectivity index is 2.66. The highest BCUT2D eigenvalue weighted by Gasteiger charge is 2.19. The number of benzene rings is 1. The molecule has 5 nitrogen and oxygen atoms in total. The smallest absolute Gasteiger partial charge is 0.242 e. The number of nitrogens with two attached hydrogens (primary N) is 1. The number of likely N-dealkylation sites (N-methyl/N-ethyl adjacent to an activating group) is 1. The second-order valence-corrected chi connectivity index (χ2v) is 4.18. The molecule has 0 radical (unpaired) electrons. The van der Waals surface area contributed by atoms with Gasteiger partial charge < -0.3 is 16.0 Å². The molecule has 1 aromatic rings. The van der Waals surface area contributed by atoms with Crippen LogP contribution in [-0.4, -0.2) is 36.9 Å². The molecule has 3 N–H and O–H groups in total. The molecular weight excluding hydrogens is 249 g/mol. The largest absolute Gasteiger partial charge is 0.346 e. The Bertz CT molecular complexity index is 465. The summed E-state index contributed by atoms with van der Waals surface area (Å²) in [5.74, 6) is -1.07. The third kappa shape index (κ3) is 4.03. The first-order valence-corrected chi connectivity index (χ1v) is 5.94. The van der Waals surface area contributed by atoms with Crippen LogP contribution in [-0.2, 0) is 9.59 Å². The lowest BCUT2D eigenvalue weighted by Crippen LogP contribution is -2.41. The zero-order chi connectivity index (χ0) is 14.4. The van der Waals surface area contributed by atoms with Gasteiger partial charge in [0.15, 0.2) is 0 Å². The van der Waals surface area contributed by atoms with E-state index in [0.717, 1.165) is 0 Å². The number of carbonyl (C=O) groups is 2. The van der Waals surface area contributed by atoms with E-state index in [-0.39, 0.29) is 24.8 Å². The topological polar surface area (TPSA) is 75.4 Å². The number of amides is 2. The molecule has 0 fully saturated rings. The van der Waals surface area contributed by atoms with E-state index in [0.29, 0.717) is 5.56 Å². The third-order valence-electron chi connectivity index (χ3n) is 2.95. The van der Waals surface area contributed by atoms with Gasteiger partial charge in [0, 0.05) is 12.6 Å². The van der Waals surface area contributed by atoms with Gasteiger partial charge in [0.25, 0.3) is 0 Å². The molecule has 19 heavy (non-hydrogen) atoms. The zero-order valence-corrected chi connectivity index (χ0v) is 11.0. The summed E-state index contributed by atoms with van der Waals surface area (Å²) in [7, 11) is 1.56. The van der Waals surface area contributed by atoms with Gasteiger partial charge >= 0.3 is 0 Å². The van der Waals surface area contributed by atoms with Crippen LogP contribution in [0.15, 0.2) is 24.3 Å². The molecule has 1 unspecified atom stereocenters. The molecule has 0 saturated heterocycles. The van der Waals surface area contributed by atoms with Crippen molar-refractivity contribution in [3.63, 3.8) is 0 Å². The minimum Gasteiger partial charge on any atom is -0.346 e. The molecule has 0 aliphatic carbocycles. The van der Waals surface area contributed by atoms with Crippen molar-refractivity contribution in [2.45, 2.75) is 13.0 Å². The van der Waals surface area contributed by atoms with Crippen LogP contribution in [0.5, 0.6) is 0 Å². The summed E-state index contributed by atoms with van der Waals surface area (Å²) in [5.41, 5.74) is 5.55. The zero-order valence-electron chi connectivity index (χ0n) is 11.0. The predicted molar refractivity (Wildman–Crippen MR) is 69.6 cm³/mol. The van der Waals surface area contributed by atoms with Crippen molar-refractivity contribution in [3.05, 3.63) is 35.6 Å². The Morgan fingerprint density at radius 1 is 1.42 bits per heavy atom. The van der Waals surface area contributed by atoms with Gasteiger partial charge in [-0.25, -0.2) is 4.39 Å². The SMILES string of the molecule is CC(c1ccccc1F)N(C)C(=O)CNC(=O)CN. The fraction of sp³-hybridized carbons (Fsp3) is 0.385. The summed E-state index contributed by atoms with van der Waals surface area (Å²) in [6, 6.07) is 5.87. The van der Waals surface area contributed by atoms with E-state index in [9.17, 15) is 14.0 Å². The number of nitrogens with one attached hydrogen (secondary N) is 1. The second-order valence-electron chi connectivity index (χ2n) is 4.18. The Morgan fingerprint density at radius 2 is 2.05 bits per heavy atom. The van der Waals surface area contributed by atoms with Crippen molar-refractivity contribution < 1.29 is 14.0 Å². The first-order valence-electron chi connectivity index (χ1n) is 5.94. The molecule has 6 heteroatoms. The van der Waals surface area contributed by atoms with Crippen LogP contribution < -0.4 is 11.1 Å². The van der Waals surface area contributed by atoms with Crippen molar-refractivity contribution in [1.29, 1.82) is 0 Å². The summed E-state index contributed by atoms with van der Waals surface area (Å²) in [4.78, 5) is 24.2. The minimum atomic E-state index is -0.413. The van der Waals surface area contributed by atoms with E-state index < -0.39 is 11.9 Å². The van der Waals surface area contributed by atoms with Crippen LogP contribution in [0.3, 0.4) is 0 Å². The van der Waals surface area contributed by atoms with Gasteiger partial charge in [-0.2, -0.15) is 0 Å². The van der Waals surface area contributed by atoms with Gasteiger partial charge in [-0.05, 0) is 13.0 Å². The highest BCUT2D eigenvalue weighted by atomic mass is 19.1. The van der Waals surface area contributed by atoms with Crippen LogP contribution in [0.1, 0.15) is 18.5 Å². The van der Waals surface area contributed by atoms with Crippen molar-refractivity contribution in [3.8, 4) is 0 Å². The Labute approximate surface area is 111 Å². The fourth-order valence-electron chi connectivity index (χ4n) is 1.61. The molecule has 0 aliphatic heterocycles. The van der Waals surface area contributed by atoms with E-state index in [1.165, 1.54) is 11.0 Å². The average molecular weight is 267 g/mol. The predicted octanol–water partition coefficient (Wildman–Crippen LogP) is 0.420. The van der Waals surface area contributed by atoms with Gasteiger partial charge in [-0.1, -0.05) is 18.2 Å². The lowest BCUT2D eigenvalue weighted by molar-refractivity contribution is -0.133. The minimum absolute atomic E-state index is 0.147. The lowest BCUT2D eigenvalue weighted by Gasteiger charge is -2.25. The van der Waals surface area contributed by atoms with E-state index in [1.54, 1.807) is 32.2 Å². The first kappa shape index (κ1) is 15.1. The van der Waals surface area contributed by atoms with Crippen LogP contribution in [0.4, 0.5) is 4.39 Å². The fourth-order valence-corrected chi connectivity index (χ4v) is 1.61. The molecule has 0 saturated carbocycles. The van der Waals surface area contributed by atoms with E-state index in [1.807, 2.05) is 0 Å². The molecular formula is C13H18FN3O2. The summed E-state index contributed by atoms with van der Waals surface area (Å²) in [5, 5.41) is 2.39. The van der Waals surface area contributed by atoms with E-state index >= 15 is 0 Å². The van der Waals surface area contributed by atoms with Crippen molar-refractivity contribution in [2.24, 2.45) is 5.73 Å². The number of halogens is 1. The standard InChI is InChI=1S/C13H18FN3O2/c1-9(10-5-3-4-6-11(10)14)17(2)13(19)8-16-12(18)7-15/h3-6,9H,7-8,15H2,1-2H3,(H,16,18). The average Bonchev–Trinajstić information content (AvgIpc) is 2.43. The van der Waals surface area contributed by atoms with E-state index in [4.69, 9.17) is 5.73 Å². The molecule has 0 aliphatic rings. The quantitative estimate of drug-likeness (QED) is 0.812. The highest BCUT2D eigenvalue weighted by Crippen LogP contribution is 2.21. The van der Waals surface area contributed by atoms with Crippen LogP contribution in [0, 0.1) is 5.82 Å². The van der Waals surface area contributed by atoms with Gasteiger partial charge in [-0.3, -0.25) is 9.59 Å². The van der Waals surface area contributed by atoms with E-state index in [2.05, 4.69) is 5.32 Å². The molecule has 0 bridgehead atoms. The molecule has 2 amide bonds. The number of hydrogen-bond acceptors (Lipinski definition) is 3. The lowest BCUT2D eigenvalue weighted by atomic mass is 10.1. The summed E-state index contributed by atoms with van der Waals surface area (Å²) >= 11 is 0. The maximum Gasteiger partial charge on any atom is 0.242 e. The maximum absolute atomic E-state index is 13.6. The molecule has 1 rings (SSSR count). The number of rotatable bonds is 5. The van der Waals surface area contributed by atoms with Crippen LogP contribution >= 0.6 is 0 Å². The molecule has 1 atom stereocenters. The van der Waals surface area contributed by atoms with Crippen LogP contribution in [0.25, 0.3) is 0 Å². The maximum atomic E-state index is 13.6. The summed E-state index contributed by atoms with van der Waals surface area (Å²) in [6.45, 7) is 1.41. The Hall–Kier alpha value is -1.95. The number of nitrogens with zero attached hydrogens (tertiary/aromatic N) is 1. The molecule has 1 aromatic carbocycles.